The molecule has 2 N–H and O–H groups in total. The van der Waals surface area contributed by atoms with Crippen LogP contribution in [0, 0.1) is 12.3 Å². The molecule has 0 fully saturated rings. The molecular formula is C12H15BrO3. The van der Waals surface area contributed by atoms with E-state index in [1.165, 1.54) is 0 Å². The van der Waals surface area contributed by atoms with Crippen LogP contribution in [-0.2, 0) is 11.2 Å². The first-order valence-corrected chi connectivity index (χ1v) is 5.75. The average Bonchev–Trinajstić information content (AvgIpc) is 2.18. The maximum atomic E-state index is 11.0. The summed E-state index contributed by atoms with van der Waals surface area (Å²) in [5.41, 5.74) is 0.500. The Morgan fingerprint density at radius 2 is 2.00 bits per heavy atom. The van der Waals surface area contributed by atoms with E-state index in [0.29, 0.717) is 5.56 Å². The van der Waals surface area contributed by atoms with Crippen molar-refractivity contribution in [1.29, 1.82) is 0 Å². The largest absolute Gasteiger partial charge is 0.507 e. The highest BCUT2D eigenvalue weighted by molar-refractivity contribution is 9.10. The van der Waals surface area contributed by atoms with Gasteiger partial charge in [-0.1, -0.05) is 22.0 Å². The van der Waals surface area contributed by atoms with Crippen molar-refractivity contribution < 1.29 is 15.0 Å². The lowest BCUT2D eigenvalue weighted by atomic mass is 9.85. The number of hydrogen-bond donors (Lipinski definition) is 2. The van der Waals surface area contributed by atoms with Crippen LogP contribution in [0.2, 0.25) is 0 Å². The summed E-state index contributed by atoms with van der Waals surface area (Å²) < 4.78 is 0.741. The summed E-state index contributed by atoms with van der Waals surface area (Å²) in [7, 11) is 0. The number of phenolic OH excluding ortho intramolecular Hbond substituents is 1. The van der Waals surface area contributed by atoms with E-state index in [0.717, 1.165) is 10.0 Å². The zero-order valence-corrected chi connectivity index (χ0v) is 11.1. The molecule has 16 heavy (non-hydrogen) atoms. The van der Waals surface area contributed by atoms with Gasteiger partial charge in [0.25, 0.3) is 0 Å². The second kappa shape index (κ2) is 4.45. The van der Waals surface area contributed by atoms with Crippen molar-refractivity contribution in [3.63, 3.8) is 0 Å². The first kappa shape index (κ1) is 13.0. The minimum atomic E-state index is -0.895. The van der Waals surface area contributed by atoms with E-state index < -0.39 is 11.4 Å². The third-order valence-electron chi connectivity index (χ3n) is 2.62. The normalized spacial score (nSPS) is 11.5. The van der Waals surface area contributed by atoms with Gasteiger partial charge in [0.05, 0.1) is 5.41 Å². The van der Waals surface area contributed by atoms with Crippen LogP contribution in [-0.4, -0.2) is 16.2 Å². The van der Waals surface area contributed by atoms with Gasteiger partial charge < -0.3 is 10.2 Å². The van der Waals surface area contributed by atoms with Crippen LogP contribution < -0.4 is 0 Å². The molecule has 0 radical (unpaired) electrons. The number of halogens is 1. The van der Waals surface area contributed by atoms with Crippen LogP contribution in [0.5, 0.6) is 5.75 Å². The van der Waals surface area contributed by atoms with Crippen LogP contribution in [0.1, 0.15) is 25.0 Å². The number of carboxylic acids is 1. The Labute approximate surface area is 103 Å². The smallest absolute Gasteiger partial charge is 0.309 e. The molecular weight excluding hydrogens is 272 g/mol. The molecule has 0 amide bonds. The first-order chi connectivity index (χ1) is 7.25. The lowest BCUT2D eigenvalue weighted by Crippen LogP contribution is -2.26. The van der Waals surface area contributed by atoms with Crippen molar-refractivity contribution in [2.24, 2.45) is 5.41 Å². The Balaban J connectivity index is 3.15. The zero-order valence-electron chi connectivity index (χ0n) is 9.54. The molecule has 1 aromatic rings. The second-order valence-corrected chi connectivity index (χ2v) is 5.41. The number of aromatic hydroxyl groups is 1. The van der Waals surface area contributed by atoms with E-state index in [1.54, 1.807) is 26.8 Å². The number of hydrogen-bond acceptors (Lipinski definition) is 2. The fraction of sp³-hybridized carbons (Fsp3) is 0.417. The average molecular weight is 287 g/mol. The molecule has 1 aromatic carbocycles. The molecule has 0 heterocycles. The van der Waals surface area contributed by atoms with Gasteiger partial charge in [-0.15, -0.1) is 0 Å². The number of benzene rings is 1. The summed E-state index contributed by atoms with van der Waals surface area (Å²) in [6, 6.07) is 3.61. The third kappa shape index (κ3) is 2.55. The van der Waals surface area contributed by atoms with Crippen molar-refractivity contribution >= 4 is 21.9 Å². The molecule has 0 atom stereocenters. The van der Waals surface area contributed by atoms with Gasteiger partial charge in [0, 0.05) is 10.0 Å². The number of rotatable bonds is 3. The van der Waals surface area contributed by atoms with E-state index in [9.17, 15) is 9.90 Å². The molecule has 0 bridgehead atoms. The summed E-state index contributed by atoms with van der Waals surface area (Å²) in [5, 5.41) is 19.0. The van der Waals surface area contributed by atoms with Crippen molar-refractivity contribution in [2.75, 3.05) is 0 Å². The van der Waals surface area contributed by atoms with E-state index >= 15 is 0 Å². The second-order valence-electron chi connectivity index (χ2n) is 4.56. The molecule has 0 saturated heterocycles. The standard InChI is InChI=1S/C12H15BrO3/c1-7-4-5-9(13)8(10(7)14)6-12(2,3)11(15)16/h4-5,14H,6H2,1-3H3,(H,15,16). The quantitative estimate of drug-likeness (QED) is 0.898. The Bertz CT molecular complexity index is 425. The SMILES string of the molecule is Cc1ccc(Br)c(CC(C)(C)C(=O)O)c1O. The van der Waals surface area contributed by atoms with Crippen molar-refractivity contribution in [2.45, 2.75) is 27.2 Å². The minimum Gasteiger partial charge on any atom is -0.507 e. The summed E-state index contributed by atoms with van der Waals surface area (Å²) >= 11 is 3.33. The number of aryl methyl sites for hydroxylation is 1. The highest BCUT2D eigenvalue weighted by Crippen LogP contribution is 2.34. The highest BCUT2D eigenvalue weighted by atomic mass is 79.9. The highest BCUT2D eigenvalue weighted by Gasteiger charge is 2.29. The minimum absolute atomic E-state index is 0.170. The van der Waals surface area contributed by atoms with E-state index in [1.807, 2.05) is 6.07 Å². The molecule has 0 aliphatic carbocycles. The van der Waals surface area contributed by atoms with E-state index in [2.05, 4.69) is 15.9 Å². The summed E-state index contributed by atoms with van der Waals surface area (Å²) in [6.07, 6.45) is 0.288. The molecule has 0 aliphatic heterocycles. The maximum absolute atomic E-state index is 11.0. The molecule has 3 nitrogen and oxygen atoms in total. The monoisotopic (exact) mass is 286 g/mol. The Kier molecular flexibility index (Phi) is 3.63. The number of carboxylic acid groups (broad SMARTS) is 1. The lowest BCUT2D eigenvalue weighted by molar-refractivity contribution is -0.146. The summed E-state index contributed by atoms with van der Waals surface area (Å²) in [5.74, 6) is -0.705. The van der Waals surface area contributed by atoms with Crippen LogP contribution in [0.3, 0.4) is 0 Å². The fourth-order valence-corrected chi connectivity index (χ4v) is 1.87. The Hall–Kier alpha value is -1.03. The van der Waals surface area contributed by atoms with Crippen molar-refractivity contribution in [1.82, 2.24) is 0 Å². The van der Waals surface area contributed by atoms with Gasteiger partial charge in [-0.3, -0.25) is 4.79 Å². The number of carbonyl (C=O) groups is 1. The van der Waals surface area contributed by atoms with Gasteiger partial charge in [-0.2, -0.15) is 0 Å². The van der Waals surface area contributed by atoms with Crippen molar-refractivity contribution in [3.05, 3.63) is 27.7 Å². The van der Waals surface area contributed by atoms with E-state index in [4.69, 9.17) is 5.11 Å². The molecule has 88 valence electrons. The number of phenols is 1. The Morgan fingerprint density at radius 1 is 1.44 bits per heavy atom. The first-order valence-electron chi connectivity index (χ1n) is 4.96. The van der Waals surface area contributed by atoms with Crippen LogP contribution >= 0.6 is 15.9 Å². The molecule has 4 heteroatoms. The van der Waals surface area contributed by atoms with Gasteiger partial charge in [0.15, 0.2) is 0 Å². The third-order valence-corrected chi connectivity index (χ3v) is 3.37. The van der Waals surface area contributed by atoms with Gasteiger partial charge in [0.1, 0.15) is 5.75 Å². The van der Waals surface area contributed by atoms with Crippen LogP contribution in [0.15, 0.2) is 16.6 Å². The van der Waals surface area contributed by atoms with Gasteiger partial charge in [-0.05, 0) is 38.8 Å². The molecule has 0 spiro atoms. The van der Waals surface area contributed by atoms with Gasteiger partial charge in [-0.25, -0.2) is 0 Å². The molecule has 0 saturated carbocycles. The predicted molar refractivity (Wildman–Crippen MR) is 65.7 cm³/mol. The number of aliphatic carboxylic acids is 1. The molecule has 0 unspecified atom stereocenters. The summed E-state index contributed by atoms with van der Waals surface area (Å²) in [4.78, 5) is 11.0. The zero-order chi connectivity index (χ0) is 12.5. The maximum Gasteiger partial charge on any atom is 0.309 e. The van der Waals surface area contributed by atoms with Crippen LogP contribution in [0.25, 0.3) is 0 Å². The topological polar surface area (TPSA) is 57.5 Å². The van der Waals surface area contributed by atoms with Crippen LogP contribution in [0.4, 0.5) is 0 Å². The lowest BCUT2D eigenvalue weighted by Gasteiger charge is -2.21. The van der Waals surface area contributed by atoms with Gasteiger partial charge in [0.2, 0.25) is 0 Å². The molecule has 1 rings (SSSR count). The molecule has 0 aromatic heterocycles. The summed E-state index contributed by atoms with van der Waals surface area (Å²) in [6.45, 7) is 5.08. The van der Waals surface area contributed by atoms with E-state index in [-0.39, 0.29) is 12.2 Å². The molecule has 0 aliphatic rings. The Morgan fingerprint density at radius 3 is 2.50 bits per heavy atom. The predicted octanol–water partition coefficient (Wildman–Crippen LogP) is 3.12. The fourth-order valence-electron chi connectivity index (χ4n) is 1.41. The van der Waals surface area contributed by atoms with Crippen molar-refractivity contribution in [3.8, 4) is 5.75 Å². The van der Waals surface area contributed by atoms with Gasteiger partial charge >= 0.3 is 5.97 Å².